The topological polar surface area (TPSA) is 32.3 Å². The molecule has 4 nitrogen and oxygen atoms in total. The van der Waals surface area contributed by atoms with Crippen LogP contribution in [0.2, 0.25) is 0 Å². The van der Waals surface area contributed by atoms with E-state index in [0.717, 1.165) is 37.1 Å². The van der Waals surface area contributed by atoms with Crippen molar-refractivity contribution in [3.8, 4) is 0 Å². The van der Waals surface area contributed by atoms with Crippen molar-refractivity contribution in [1.82, 2.24) is 9.97 Å². The van der Waals surface area contributed by atoms with Gasteiger partial charge in [0.05, 0.1) is 0 Å². The SMILES string of the molecule is CCC1CCCCN1c1nc(C)cc(N2CCCC2)n1. The van der Waals surface area contributed by atoms with Gasteiger partial charge in [-0.25, -0.2) is 4.98 Å². The Morgan fingerprint density at radius 3 is 2.60 bits per heavy atom. The summed E-state index contributed by atoms with van der Waals surface area (Å²) in [5.41, 5.74) is 1.09. The number of nitrogens with zero attached hydrogens (tertiary/aromatic N) is 4. The molecule has 2 fully saturated rings. The fraction of sp³-hybridized carbons (Fsp3) is 0.750. The van der Waals surface area contributed by atoms with Crippen LogP contribution in [-0.4, -0.2) is 35.6 Å². The summed E-state index contributed by atoms with van der Waals surface area (Å²) in [6, 6.07) is 2.76. The van der Waals surface area contributed by atoms with E-state index in [9.17, 15) is 0 Å². The molecule has 0 amide bonds. The van der Waals surface area contributed by atoms with E-state index in [-0.39, 0.29) is 0 Å². The summed E-state index contributed by atoms with van der Waals surface area (Å²) in [5.74, 6) is 2.09. The van der Waals surface area contributed by atoms with Crippen LogP contribution in [0.15, 0.2) is 6.07 Å². The largest absolute Gasteiger partial charge is 0.356 e. The molecule has 3 rings (SSSR count). The monoisotopic (exact) mass is 274 g/mol. The third kappa shape index (κ3) is 2.74. The highest BCUT2D eigenvalue weighted by molar-refractivity contribution is 5.47. The Hall–Kier alpha value is -1.32. The molecule has 2 aliphatic rings. The Morgan fingerprint density at radius 2 is 1.85 bits per heavy atom. The molecule has 2 aliphatic heterocycles. The summed E-state index contributed by atoms with van der Waals surface area (Å²) in [7, 11) is 0. The third-order valence-electron chi connectivity index (χ3n) is 4.61. The van der Waals surface area contributed by atoms with Gasteiger partial charge in [-0.1, -0.05) is 6.92 Å². The van der Waals surface area contributed by atoms with Gasteiger partial charge in [-0.3, -0.25) is 0 Å². The van der Waals surface area contributed by atoms with Crippen LogP contribution in [0.3, 0.4) is 0 Å². The molecule has 3 heterocycles. The molecule has 20 heavy (non-hydrogen) atoms. The zero-order chi connectivity index (χ0) is 13.9. The summed E-state index contributed by atoms with van der Waals surface area (Å²) >= 11 is 0. The van der Waals surface area contributed by atoms with E-state index in [4.69, 9.17) is 9.97 Å². The minimum Gasteiger partial charge on any atom is -0.356 e. The van der Waals surface area contributed by atoms with Gasteiger partial charge in [-0.2, -0.15) is 4.98 Å². The van der Waals surface area contributed by atoms with Crippen molar-refractivity contribution in [1.29, 1.82) is 0 Å². The van der Waals surface area contributed by atoms with Gasteiger partial charge in [0.1, 0.15) is 5.82 Å². The van der Waals surface area contributed by atoms with Gasteiger partial charge in [0.2, 0.25) is 5.95 Å². The maximum Gasteiger partial charge on any atom is 0.227 e. The quantitative estimate of drug-likeness (QED) is 0.847. The van der Waals surface area contributed by atoms with Crippen LogP contribution in [0.25, 0.3) is 0 Å². The van der Waals surface area contributed by atoms with Crippen molar-refractivity contribution < 1.29 is 0 Å². The molecule has 0 aliphatic carbocycles. The van der Waals surface area contributed by atoms with Gasteiger partial charge in [0, 0.05) is 37.4 Å². The lowest BCUT2D eigenvalue weighted by molar-refractivity contribution is 0.443. The normalized spacial score (nSPS) is 23.4. The fourth-order valence-electron chi connectivity index (χ4n) is 3.46. The smallest absolute Gasteiger partial charge is 0.227 e. The van der Waals surface area contributed by atoms with Crippen LogP contribution >= 0.6 is 0 Å². The van der Waals surface area contributed by atoms with Crippen LogP contribution in [-0.2, 0) is 0 Å². The molecule has 1 atom stereocenters. The molecule has 0 radical (unpaired) electrons. The number of aromatic nitrogens is 2. The van der Waals surface area contributed by atoms with E-state index in [0.29, 0.717) is 6.04 Å². The number of piperidine rings is 1. The second-order valence-corrected chi connectivity index (χ2v) is 6.11. The first-order chi connectivity index (χ1) is 9.78. The van der Waals surface area contributed by atoms with Gasteiger partial charge < -0.3 is 9.80 Å². The summed E-state index contributed by atoms with van der Waals surface area (Å²) in [6.07, 6.45) is 7.68. The van der Waals surface area contributed by atoms with Gasteiger partial charge in [-0.15, -0.1) is 0 Å². The lowest BCUT2D eigenvalue weighted by atomic mass is 10.0. The maximum absolute atomic E-state index is 4.88. The van der Waals surface area contributed by atoms with Gasteiger partial charge in [0.25, 0.3) is 0 Å². The highest BCUT2D eigenvalue weighted by Crippen LogP contribution is 2.27. The molecule has 0 aromatic carbocycles. The lowest BCUT2D eigenvalue weighted by Gasteiger charge is -2.35. The van der Waals surface area contributed by atoms with E-state index < -0.39 is 0 Å². The van der Waals surface area contributed by atoms with Crippen molar-refractivity contribution in [2.45, 2.75) is 58.4 Å². The average Bonchev–Trinajstić information content (AvgIpc) is 3.01. The standard InChI is InChI=1S/C16H26N4/c1-3-14-8-4-5-11-20(14)16-17-13(2)12-15(18-16)19-9-6-7-10-19/h12,14H,3-11H2,1-2H3. The predicted octanol–water partition coefficient (Wildman–Crippen LogP) is 3.15. The van der Waals surface area contributed by atoms with E-state index in [1.807, 2.05) is 0 Å². The molecule has 1 aromatic rings. The van der Waals surface area contributed by atoms with Gasteiger partial charge >= 0.3 is 0 Å². The molecule has 110 valence electrons. The zero-order valence-corrected chi connectivity index (χ0v) is 12.8. The van der Waals surface area contributed by atoms with Crippen molar-refractivity contribution in [3.63, 3.8) is 0 Å². The first-order valence-electron chi connectivity index (χ1n) is 8.15. The Kier molecular flexibility index (Phi) is 4.08. The summed E-state index contributed by atoms with van der Waals surface area (Å²) in [4.78, 5) is 14.4. The molecule has 1 aromatic heterocycles. The van der Waals surface area contributed by atoms with Gasteiger partial charge in [-0.05, 0) is 45.4 Å². The number of hydrogen-bond acceptors (Lipinski definition) is 4. The van der Waals surface area contributed by atoms with Crippen molar-refractivity contribution in [2.75, 3.05) is 29.4 Å². The molecular formula is C16H26N4. The second-order valence-electron chi connectivity index (χ2n) is 6.11. The molecule has 1 unspecified atom stereocenters. The molecule has 0 bridgehead atoms. The molecule has 0 saturated carbocycles. The van der Waals surface area contributed by atoms with E-state index >= 15 is 0 Å². The predicted molar refractivity (Wildman–Crippen MR) is 83.5 cm³/mol. The highest BCUT2D eigenvalue weighted by Gasteiger charge is 2.24. The molecule has 0 N–H and O–H groups in total. The van der Waals surface area contributed by atoms with Crippen LogP contribution in [0.5, 0.6) is 0 Å². The Balaban J connectivity index is 1.87. The van der Waals surface area contributed by atoms with Crippen molar-refractivity contribution in [2.24, 2.45) is 0 Å². The zero-order valence-electron chi connectivity index (χ0n) is 12.8. The third-order valence-corrected chi connectivity index (χ3v) is 4.61. The minimum absolute atomic E-state index is 0.622. The Labute approximate surface area is 122 Å². The van der Waals surface area contributed by atoms with Crippen molar-refractivity contribution >= 4 is 11.8 Å². The maximum atomic E-state index is 4.88. The highest BCUT2D eigenvalue weighted by atomic mass is 15.3. The first kappa shape index (κ1) is 13.7. The van der Waals surface area contributed by atoms with Crippen molar-refractivity contribution in [3.05, 3.63) is 11.8 Å². The molecule has 4 heteroatoms. The molecule has 0 spiro atoms. The van der Waals surface area contributed by atoms with Gasteiger partial charge in [0.15, 0.2) is 0 Å². The van der Waals surface area contributed by atoms with E-state index in [1.54, 1.807) is 0 Å². The number of rotatable bonds is 3. The molecule has 2 saturated heterocycles. The molecular weight excluding hydrogens is 248 g/mol. The number of anilines is 2. The second kappa shape index (κ2) is 5.98. The van der Waals surface area contributed by atoms with E-state index in [2.05, 4.69) is 29.7 Å². The van der Waals surface area contributed by atoms with E-state index in [1.165, 1.54) is 38.5 Å². The summed E-state index contributed by atoms with van der Waals surface area (Å²) < 4.78 is 0. The van der Waals surface area contributed by atoms with Crippen LogP contribution in [0, 0.1) is 6.92 Å². The summed E-state index contributed by atoms with van der Waals surface area (Å²) in [6.45, 7) is 7.78. The van der Waals surface area contributed by atoms with Crippen LogP contribution in [0.4, 0.5) is 11.8 Å². The Bertz CT molecular complexity index is 454. The lowest BCUT2D eigenvalue weighted by Crippen LogP contribution is -2.40. The minimum atomic E-state index is 0.622. The Morgan fingerprint density at radius 1 is 1.10 bits per heavy atom. The first-order valence-corrected chi connectivity index (χ1v) is 8.15. The van der Waals surface area contributed by atoms with Crippen LogP contribution in [0.1, 0.15) is 51.1 Å². The summed E-state index contributed by atoms with van der Waals surface area (Å²) in [5, 5.41) is 0. The fourth-order valence-corrected chi connectivity index (χ4v) is 3.46. The number of hydrogen-bond donors (Lipinski definition) is 0. The number of aryl methyl sites for hydroxylation is 1. The van der Waals surface area contributed by atoms with Crippen LogP contribution < -0.4 is 9.80 Å². The average molecular weight is 274 g/mol.